The number of benzene rings is 2. The lowest BCUT2D eigenvalue weighted by Gasteiger charge is -2.31. The van der Waals surface area contributed by atoms with Crippen molar-refractivity contribution in [2.24, 2.45) is 0 Å². The van der Waals surface area contributed by atoms with E-state index >= 15 is 0 Å². The van der Waals surface area contributed by atoms with Crippen molar-refractivity contribution in [1.82, 2.24) is 20.0 Å². The molecule has 1 unspecified atom stereocenters. The summed E-state index contributed by atoms with van der Waals surface area (Å²) in [6, 6.07) is 16.9. The second-order valence-electron chi connectivity index (χ2n) is 8.83. The van der Waals surface area contributed by atoms with Crippen LogP contribution in [0.4, 0.5) is 4.79 Å². The molecule has 8 heteroatoms. The third kappa shape index (κ3) is 4.64. The first-order chi connectivity index (χ1) is 16.6. The first-order valence-corrected chi connectivity index (χ1v) is 11.7. The van der Waals surface area contributed by atoms with Crippen molar-refractivity contribution in [2.45, 2.75) is 12.6 Å². The molecule has 0 radical (unpaired) electrons. The van der Waals surface area contributed by atoms with E-state index in [-0.39, 0.29) is 11.9 Å². The number of nitrogens with zero attached hydrogens (tertiary/aromatic N) is 3. The van der Waals surface area contributed by atoms with Gasteiger partial charge in [0.05, 0.1) is 37.1 Å². The smallest absolute Gasteiger partial charge is 0.322 e. The van der Waals surface area contributed by atoms with Crippen molar-refractivity contribution in [1.29, 1.82) is 0 Å². The SMILES string of the molecule is CN1C(=O)NC(c2cccc(OCc3ccccc3)c2)C2=C1CN(CCN1CCOCC1)C2=O. The van der Waals surface area contributed by atoms with Crippen molar-refractivity contribution in [3.05, 3.63) is 77.0 Å². The molecule has 1 fully saturated rings. The molecule has 3 heterocycles. The molecule has 0 saturated carbocycles. The topological polar surface area (TPSA) is 74.4 Å². The summed E-state index contributed by atoms with van der Waals surface area (Å²) < 4.78 is 11.4. The fourth-order valence-corrected chi connectivity index (χ4v) is 4.67. The van der Waals surface area contributed by atoms with Crippen molar-refractivity contribution in [3.63, 3.8) is 0 Å². The Bertz CT molecular complexity index is 1080. The van der Waals surface area contributed by atoms with Gasteiger partial charge in [-0.05, 0) is 23.3 Å². The molecule has 1 saturated heterocycles. The molecular weight excluding hydrogens is 432 g/mol. The number of carbonyl (C=O) groups is 2. The van der Waals surface area contributed by atoms with E-state index in [1.54, 1.807) is 11.9 Å². The minimum atomic E-state index is -0.500. The zero-order valence-electron chi connectivity index (χ0n) is 19.4. The molecule has 3 aliphatic heterocycles. The molecule has 0 spiro atoms. The number of nitrogens with one attached hydrogen (secondary N) is 1. The Hall–Kier alpha value is -3.36. The van der Waals surface area contributed by atoms with Crippen molar-refractivity contribution < 1.29 is 19.1 Å². The van der Waals surface area contributed by atoms with Crippen LogP contribution >= 0.6 is 0 Å². The highest BCUT2D eigenvalue weighted by molar-refractivity contribution is 6.01. The number of hydrogen-bond acceptors (Lipinski definition) is 5. The predicted molar refractivity (Wildman–Crippen MR) is 127 cm³/mol. The van der Waals surface area contributed by atoms with Gasteiger partial charge in [-0.25, -0.2) is 4.79 Å². The second kappa shape index (κ2) is 9.87. The van der Waals surface area contributed by atoms with E-state index < -0.39 is 6.04 Å². The zero-order valence-corrected chi connectivity index (χ0v) is 19.4. The standard InChI is InChI=1S/C26H30N4O4/c1-28-22-17-30(11-10-29-12-14-33-15-13-29)25(31)23(22)24(27-26(28)32)20-8-5-9-21(16-20)34-18-19-6-3-2-4-7-19/h2-9,16,24H,10-15,17-18H2,1H3,(H,27,32). The van der Waals surface area contributed by atoms with Crippen LogP contribution in [0.1, 0.15) is 17.2 Å². The molecule has 3 amide bonds. The monoisotopic (exact) mass is 462 g/mol. The summed E-state index contributed by atoms with van der Waals surface area (Å²) in [6.07, 6.45) is 0. The molecule has 0 aliphatic carbocycles. The molecule has 8 nitrogen and oxygen atoms in total. The third-order valence-corrected chi connectivity index (χ3v) is 6.66. The van der Waals surface area contributed by atoms with Crippen LogP contribution in [0.2, 0.25) is 0 Å². The first kappa shape index (κ1) is 22.4. The predicted octanol–water partition coefficient (Wildman–Crippen LogP) is 2.39. The molecule has 34 heavy (non-hydrogen) atoms. The maximum Gasteiger partial charge on any atom is 0.322 e. The van der Waals surface area contributed by atoms with Crippen LogP contribution in [0, 0.1) is 0 Å². The van der Waals surface area contributed by atoms with Crippen molar-refractivity contribution >= 4 is 11.9 Å². The summed E-state index contributed by atoms with van der Waals surface area (Å²) in [5.74, 6) is 0.682. The molecule has 3 aliphatic rings. The number of morpholine rings is 1. The lowest BCUT2D eigenvalue weighted by atomic mass is 9.95. The number of urea groups is 1. The van der Waals surface area contributed by atoms with Gasteiger partial charge >= 0.3 is 6.03 Å². The Morgan fingerprint density at radius 2 is 1.82 bits per heavy atom. The van der Waals surface area contributed by atoms with Crippen LogP contribution in [0.15, 0.2) is 65.9 Å². The van der Waals surface area contributed by atoms with Gasteiger partial charge in [0.2, 0.25) is 0 Å². The van der Waals surface area contributed by atoms with E-state index in [0.29, 0.717) is 31.0 Å². The fraction of sp³-hybridized carbons (Fsp3) is 0.385. The van der Waals surface area contributed by atoms with Crippen LogP contribution in [0.5, 0.6) is 5.75 Å². The molecule has 5 rings (SSSR count). The third-order valence-electron chi connectivity index (χ3n) is 6.66. The maximum atomic E-state index is 13.5. The van der Waals surface area contributed by atoms with Gasteiger partial charge in [0, 0.05) is 33.2 Å². The number of likely N-dealkylation sites (N-methyl/N-ethyl adjacent to an activating group) is 1. The Morgan fingerprint density at radius 1 is 1.03 bits per heavy atom. The maximum absolute atomic E-state index is 13.5. The summed E-state index contributed by atoms with van der Waals surface area (Å²) in [4.78, 5) is 31.9. The first-order valence-electron chi connectivity index (χ1n) is 11.7. The lowest BCUT2D eigenvalue weighted by molar-refractivity contribution is -0.126. The molecule has 178 valence electrons. The number of amides is 3. The lowest BCUT2D eigenvalue weighted by Crippen LogP contribution is -2.45. The van der Waals surface area contributed by atoms with E-state index in [1.165, 1.54) is 0 Å². The van der Waals surface area contributed by atoms with E-state index in [9.17, 15) is 9.59 Å². The molecule has 1 N–H and O–H groups in total. The summed E-state index contributed by atoms with van der Waals surface area (Å²) in [5.41, 5.74) is 3.33. The van der Waals surface area contributed by atoms with E-state index in [2.05, 4.69) is 10.2 Å². The largest absolute Gasteiger partial charge is 0.489 e. The van der Waals surface area contributed by atoms with Crippen LogP contribution in [0.25, 0.3) is 0 Å². The van der Waals surface area contributed by atoms with Crippen molar-refractivity contribution in [2.75, 3.05) is 53.0 Å². The van der Waals surface area contributed by atoms with Gasteiger partial charge in [0.15, 0.2) is 0 Å². The van der Waals surface area contributed by atoms with E-state index in [1.807, 2.05) is 59.5 Å². The van der Waals surface area contributed by atoms with Gasteiger partial charge in [-0.15, -0.1) is 0 Å². The minimum absolute atomic E-state index is 0.0179. The van der Waals surface area contributed by atoms with Gasteiger partial charge in [-0.3, -0.25) is 14.6 Å². The second-order valence-corrected chi connectivity index (χ2v) is 8.83. The molecule has 2 aromatic carbocycles. The molecule has 2 aromatic rings. The van der Waals surface area contributed by atoms with E-state index in [4.69, 9.17) is 9.47 Å². The Labute approximate surface area is 199 Å². The highest BCUT2D eigenvalue weighted by Crippen LogP contribution is 2.36. The van der Waals surface area contributed by atoms with Crippen LogP contribution in [0.3, 0.4) is 0 Å². The van der Waals surface area contributed by atoms with Gasteiger partial charge in [0.25, 0.3) is 5.91 Å². The highest BCUT2D eigenvalue weighted by Gasteiger charge is 2.42. The normalized spacial score (nSPS) is 21.0. The number of hydrogen-bond donors (Lipinski definition) is 1. The number of rotatable bonds is 7. The van der Waals surface area contributed by atoms with Crippen LogP contribution in [-0.2, 0) is 16.1 Å². The summed E-state index contributed by atoms with van der Waals surface area (Å²) in [7, 11) is 1.72. The van der Waals surface area contributed by atoms with Crippen LogP contribution < -0.4 is 10.1 Å². The Morgan fingerprint density at radius 3 is 2.62 bits per heavy atom. The van der Waals surface area contributed by atoms with Gasteiger partial charge in [0.1, 0.15) is 12.4 Å². The zero-order chi connectivity index (χ0) is 23.5. The molecule has 1 atom stereocenters. The summed E-state index contributed by atoms with van der Waals surface area (Å²) in [5, 5.41) is 3.01. The van der Waals surface area contributed by atoms with Crippen molar-refractivity contribution in [3.8, 4) is 5.75 Å². The summed E-state index contributed by atoms with van der Waals surface area (Å²) >= 11 is 0. The number of ether oxygens (including phenoxy) is 2. The fourth-order valence-electron chi connectivity index (χ4n) is 4.67. The molecule has 0 bridgehead atoms. The number of carbonyl (C=O) groups excluding carboxylic acids is 2. The Kier molecular flexibility index (Phi) is 6.51. The summed E-state index contributed by atoms with van der Waals surface area (Å²) in [6.45, 7) is 5.55. The van der Waals surface area contributed by atoms with Gasteiger partial charge in [-0.2, -0.15) is 0 Å². The average molecular weight is 463 g/mol. The van der Waals surface area contributed by atoms with Gasteiger partial charge in [-0.1, -0.05) is 42.5 Å². The Balaban J connectivity index is 1.32. The van der Waals surface area contributed by atoms with E-state index in [0.717, 1.165) is 49.7 Å². The quantitative estimate of drug-likeness (QED) is 0.684. The van der Waals surface area contributed by atoms with Gasteiger partial charge < -0.3 is 19.7 Å². The average Bonchev–Trinajstić information content (AvgIpc) is 3.21. The molecular formula is C26H30N4O4. The van der Waals surface area contributed by atoms with Crippen LogP contribution in [-0.4, -0.2) is 79.6 Å². The minimum Gasteiger partial charge on any atom is -0.489 e. The highest BCUT2D eigenvalue weighted by atomic mass is 16.5. The molecule has 0 aromatic heterocycles.